The van der Waals surface area contributed by atoms with E-state index < -0.39 is 0 Å². The van der Waals surface area contributed by atoms with Gasteiger partial charge in [0.25, 0.3) is 0 Å². The van der Waals surface area contributed by atoms with Crippen molar-refractivity contribution in [1.82, 2.24) is 0 Å². The van der Waals surface area contributed by atoms with E-state index >= 15 is 0 Å². The predicted octanol–water partition coefficient (Wildman–Crippen LogP) is 3.05. The van der Waals surface area contributed by atoms with Crippen LogP contribution in [0.15, 0.2) is 48.5 Å². The standard InChI is InChI=1S/C17H16FNO/c18-15-6-4-12(5-7-15)16(20)13-2-1-3-14(10-13)17(11-19)8-9-17/h1-7,10H,8-9,11,19H2. The molecule has 0 atom stereocenters. The first kappa shape index (κ1) is 13.0. The lowest BCUT2D eigenvalue weighted by Crippen LogP contribution is -2.20. The van der Waals surface area contributed by atoms with Crippen molar-refractivity contribution >= 4 is 5.78 Å². The Bertz CT molecular complexity index is 644. The van der Waals surface area contributed by atoms with Crippen LogP contribution in [0.4, 0.5) is 4.39 Å². The molecule has 0 radical (unpaired) electrons. The number of hydrogen-bond donors (Lipinski definition) is 1. The molecule has 1 fully saturated rings. The smallest absolute Gasteiger partial charge is 0.193 e. The first-order valence-electron chi connectivity index (χ1n) is 6.75. The molecule has 3 rings (SSSR count). The molecule has 2 aromatic rings. The molecule has 1 aliphatic carbocycles. The highest BCUT2D eigenvalue weighted by atomic mass is 19.1. The summed E-state index contributed by atoms with van der Waals surface area (Å²) in [5.74, 6) is -0.421. The highest BCUT2D eigenvalue weighted by Crippen LogP contribution is 2.47. The van der Waals surface area contributed by atoms with Crippen molar-refractivity contribution in [1.29, 1.82) is 0 Å². The van der Waals surface area contributed by atoms with Crippen molar-refractivity contribution in [2.45, 2.75) is 18.3 Å². The second-order valence-electron chi connectivity index (χ2n) is 5.40. The van der Waals surface area contributed by atoms with E-state index in [4.69, 9.17) is 5.73 Å². The Morgan fingerprint density at radius 2 is 1.80 bits per heavy atom. The van der Waals surface area contributed by atoms with E-state index in [1.807, 2.05) is 18.2 Å². The van der Waals surface area contributed by atoms with Crippen LogP contribution in [0.3, 0.4) is 0 Å². The van der Waals surface area contributed by atoms with Crippen LogP contribution >= 0.6 is 0 Å². The largest absolute Gasteiger partial charge is 0.330 e. The Kier molecular flexibility index (Phi) is 3.14. The summed E-state index contributed by atoms with van der Waals surface area (Å²) >= 11 is 0. The van der Waals surface area contributed by atoms with Gasteiger partial charge in [0, 0.05) is 23.1 Å². The van der Waals surface area contributed by atoms with E-state index in [1.54, 1.807) is 6.07 Å². The van der Waals surface area contributed by atoms with Crippen LogP contribution in [-0.4, -0.2) is 12.3 Å². The Balaban J connectivity index is 1.92. The zero-order valence-corrected chi connectivity index (χ0v) is 11.1. The summed E-state index contributed by atoms with van der Waals surface area (Å²) in [6.45, 7) is 0.612. The van der Waals surface area contributed by atoms with Gasteiger partial charge in [0.05, 0.1) is 0 Å². The summed E-state index contributed by atoms with van der Waals surface area (Å²) < 4.78 is 12.9. The number of carbonyl (C=O) groups is 1. The Morgan fingerprint density at radius 1 is 1.10 bits per heavy atom. The van der Waals surface area contributed by atoms with Crippen LogP contribution in [-0.2, 0) is 5.41 Å². The average Bonchev–Trinajstić information content (AvgIpc) is 3.29. The lowest BCUT2D eigenvalue weighted by Gasteiger charge is -2.13. The van der Waals surface area contributed by atoms with Gasteiger partial charge < -0.3 is 5.73 Å². The SMILES string of the molecule is NCC1(c2cccc(C(=O)c3ccc(F)cc3)c2)CC1. The second-order valence-corrected chi connectivity index (χ2v) is 5.40. The van der Waals surface area contributed by atoms with Gasteiger partial charge in [0.15, 0.2) is 5.78 Å². The molecule has 1 aliphatic rings. The zero-order chi connectivity index (χ0) is 14.2. The molecular formula is C17H16FNO. The van der Waals surface area contributed by atoms with E-state index in [2.05, 4.69) is 0 Å². The van der Waals surface area contributed by atoms with Crippen molar-refractivity contribution in [3.8, 4) is 0 Å². The molecule has 3 heteroatoms. The monoisotopic (exact) mass is 269 g/mol. The topological polar surface area (TPSA) is 43.1 Å². The summed E-state index contributed by atoms with van der Waals surface area (Å²) in [6, 6.07) is 13.3. The van der Waals surface area contributed by atoms with Crippen molar-refractivity contribution in [2.24, 2.45) is 5.73 Å². The summed E-state index contributed by atoms with van der Waals surface area (Å²) in [4.78, 5) is 12.4. The van der Waals surface area contributed by atoms with Crippen LogP contribution in [0.2, 0.25) is 0 Å². The second kappa shape index (κ2) is 4.84. The molecule has 2 aromatic carbocycles. The van der Waals surface area contributed by atoms with Crippen molar-refractivity contribution in [2.75, 3.05) is 6.54 Å². The average molecular weight is 269 g/mol. The number of nitrogens with two attached hydrogens (primary N) is 1. The molecule has 102 valence electrons. The maximum Gasteiger partial charge on any atom is 0.193 e. The lowest BCUT2D eigenvalue weighted by atomic mass is 9.92. The Hall–Kier alpha value is -2.00. The third kappa shape index (κ3) is 2.25. The van der Waals surface area contributed by atoms with Gasteiger partial charge in [0.1, 0.15) is 5.82 Å². The van der Waals surface area contributed by atoms with E-state index in [0.717, 1.165) is 18.4 Å². The third-order valence-corrected chi connectivity index (χ3v) is 4.09. The predicted molar refractivity (Wildman–Crippen MR) is 76.2 cm³/mol. The van der Waals surface area contributed by atoms with Gasteiger partial charge in [-0.15, -0.1) is 0 Å². The summed E-state index contributed by atoms with van der Waals surface area (Å²) in [7, 11) is 0. The minimum Gasteiger partial charge on any atom is -0.330 e. The Labute approximate surface area is 117 Å². The number of benzene rings is 2. The van der Waals surface area contributed by atoms with Crippen LogP contribution < -0.4 is 5.73 Å². The molecule has 0 saturated heterocycles. The molecule has 0 amide bonds. The highest BCUT2D eigenvalue weighted by molar-refractivity contribution is 6.09. The minimum atomic E-state index is -0.338. The number of hydrogen-bond acceptors (Lipinski definition) is 2. The van der Waals surface area contributed by atoms with Gasteiger partial charge in [-0.2, -0.15) is 0 Å². The molecule has 0 bridgehead atoms. The minimum absolute atomic E-state index is 0.0685. The van der Waals surface area contributed by atoms with Crippen LogP contribution in [0.5, 0.6) is 0 Å². The van der Waals surface area contributed by atoms with E-state index in [9.17, 15) is 9.18 Å². The fourth-order valence-electron chi connectivity index (χ4n) is 2.52. The first-order valence-corrected chi connectivity index (χ1v) is 6.75. The van der Waals surface area contributed by atoms with Crippen LogP contribution in [0.1, 0.15) is 34.3 Å². The molecule has 1 saturated carbocycles. The molecule has 0 spiro atoms. The van der Waals surface area contributed by atoms with Gasteiger partial charge in [-0.25, -0.2) is 4.39 Å². The molecule has 20 heavy (non-hydrogen) atoms. The van der Waals surface area contributed by atoms with Gasteiger partial charge in [-0.3, -0.25) is 4.79 Å². The van der Waals surface area contributed by atoms with Gasteiger partial charge in [0.2, 0.25) is 0 Å². The van der Waals surface area contributed by atoms with Gasteiger partial charge >= 0.3 is 0 Å². The molecule has 2 N–H and O–H groups in total. The molecule has 0 heterocycles. The van der Waals surface area contributed by atoms with E-state index in [-0.39, 0.29) is 17.0 Å². The number of rotatable bonds is 4. The van der Waals surface area contributed by atoms with Crippen LogP contribution in [0, 0.1) is 5.82 Å². The quantitative estimate of drug-likeness (QED) is 0.867. The summed E-state index contributed by atoms with van der Waals surface area (Å²) in [5, 5.41) is 0. The van der Waals surface area contributed by atoms with Crippen LogP contribution in [0.25, 0.3) is 0 Å². The third-order valence-electron chi connectivity index (χ3n) is 4.09. The maximum atomic E-state index is 12.9. The van der Waals surface area contributed by atoms with Crippen molar-refractivity contribution < 1.29 is 9.18 Å². The normalized spacial score (nSPS) is 15.9. The molecular weight excluding hydrogens is 253 g/mol. The maximum absolute atomic E-state index is 12.9. The lowest BCUT2D eigenvalue weighted by molar-refractivity contribution is 0.103. The van der Waals surface area contributed by atoms with Crippen molar-refractivity contribution in [3.63, 3.8) is 0 Å². The summed E-state index contributed by atoms with van der Waals surface area (Å²) in [5.41, 5.74) is 8.16. The number of carbonyl (C=O) groups excluding carboxylic acids is 1. The number of halogens is 1. The Morgan fingerprint density at radius 3 is 2.40 bits per heavy atom. The first-order chi connectivity index (χ1) is 9.64. The highest BCUT2D eigenvalue weighted by Gasteiger charge is 2.42. The fourth-order valence-corrected chi connectivity index (χ4v) is 2.52. The molecule has 0 aromatic heterocycles. The fraction of sp³-hybridized carbons (Fsp3) is 0.235. The van der Waals surface area contributed by atoms with Gasteiger partial charge in [-0.05, 0) is 48.7 Å². The zero-order valence-electron chi connectivity index (χ0n) is 11.1. The molecule has 2 nitrogen and oxygen atoms in total. The van der Waals surface area contributed by atoms with E-state index in [0.29, 0.717) is 17.7 Å². The molecule has 0 unspecified atom stereocenters. The van der Waals surface area contributed by atoms with E-state index in [1.165, 1.54) is 24.3 Å². The number of ketones is 1. The molecule has 0 aliphatic heterocycles. The summed E-state index contributed by atoms with van der Waals surface area (Å²) in [6.07, 6.45) is 2.16. The van der Waals surface area contributed by atoms with Crippen molar-refractivity contribution in [3.05, 3.63) is 71.0 Å². The van der Waals surface area contributed by atoms with Gasteiger partial charge in [-0.1, -0.05) is 18.2 Å².